The lowest BCUT2D eigenvalue weighted by Gasteiger charge is -2.40. The highest BCUT2D eigenvalue weighted by molar-refractivity contribution is 6.22. The fourth-order valence-corrected chi connectivity index (χ4v) is 5.62. The molecule has 0 radical (unpaired) electrons. The van der Waals surface area contributed by atoms with Crippen LogP contribution in [-0.2, 0) is 19.1 Å². The first-order chi connectivity index (χ1) is 12.9. The van der Waals surface area contributed by atoms with Gasteiger partial charge in [0.25, 0.3) is 5.91 Å². The Balaban J connectivity index is 1.65. The number of esters is 1. The summed E-state index contributed by atoms with van der Waals surface area (Å²) in [5.74, 6) is -1.57. The highest BCUT2D eigenvalue weighted by Crippen LogP contribution is 2.47. The number of Topliss-reactive ketones (excluding diaryl/α,β-unsaturated/α-hetero) is 1. The van der Waals surface area contributed by atoms with E-state index in [9.17, 15) is 19.5 Å². The molecule has 0 bridgehead atoms. The number of aliphatic hydroxyl groups is 1. The van der Waals surface area contributed by atoms with Crippen molar-refractivity contribution >= 4 is 17.7 Å². The molecule has 4 aliphatic rings. The van der Waals surface area contributed by atoms with Crippen molar-refractivity contribution in [3.63, 3.8) is 0 Å². The highest BCUT2D eigenvalue weighted by atomic mass is 16.5. The summed E-state index contributed by atoms with van der Waals surface area (Å²) in [6.07, 6.45) is 10.4. The summed E-state index contributed by atoms with van der Waals surface area (Å²) in [6.45, 7) is 2.27. The maximum Gasteiger partial charge on any atom is 0.314 e. The van der Waals surface area contributed by atoms with Gasteiger partial charge in [-0.15, -0.1) is 0 Å². The van der Waals surface area contributed by atoms with Crippen molar-refractivity contribution in [2.45, 2.75) is 44.8 Å². The van der Waals surface area contributed by atoms with Crippen molar-refractivity contribution in [1.82, 2.24) is 4.90 Å². The predicted molar refractivity (Wildman–Crippen MR) is 97.1 cm³/mol. The van der Waals surface area contributed by atoms with Gasteiger partial charge in [0.05, 0.1) is 12.7 Å². The molecule has 2 fully saturated rings. The van der Waals surface area contributed by atoms with Crippen molar-refractivity contribution in [3.8, 4) is 0 Å². The Morgan fingerprint density at radius 3 is 2.70 bits per heavy atom. The van der Waals surface area contributed by atoms with Crippen LogP contribution in [0, 0.1) is 29.6 Å². The van der Waals surface area contributed by atoms with Gasteiger partial charge in [-0.25, -0.2) is 0 Å². The van der Waals surface area contributed by atoms with E-state index in [4.69, 9.17) is 4.74 Å². The number of hydrogen-bond acceptors (Lipinski definition) is 5. The molecule has 146 valence electrons. The molecule has 1 saturated heterocycles. The van der Waals surface area contributed by atoms with E-state index in [-0.39, 0.29) is 35.7 Å². The van der Waals surface area contributed by atoms with E-state index in [2.05, 4.69) is 12.2 Å². The number of amides is 1. The zero-order valence-electron chi connectivity index (χ0n) is 15.9. The fraction of sp³-hybridized carbons (Fsp3) is 0.667. The zero-order valence-corrected chi connectivity index (χ0v) is 15.9. The van der Waals surface area contributed by atoms with E-state index in [0.29, 0.717) is 12.3 Å². The number of carbonyl (C=O) groups is 3. The van der Waals surface area contributed by atoms with E-state index in [1.54, 1.807) is 0 Å². The molecule has 1 saturated carbocycles. The minimum absolute atomic E-state index is 0.0441. The van der Waals surface area contributed by atoms with Crippen LogP contribution in [0.15, 0.2) is 23.8 Å². The maximum absolute atomic E-state index is 13.4. The van der Waals surface area contributed by atoms with Crippen LogP contribution < -0.4 is 0 Å². The summed E-state index contributed by atoms with van der Waals surface area (Å²) in [5, 5.41) is 11.0. The summed E-state index contributed by atoms with van der Waals surface area (Å²) < 4.78 is 4.78. The number of methoxy groups -OCH3 is 1. The Morgan fingerprint density at radius 2 is 1.96 bits per heavy atom. The molecular weight excluding hydrogens is 346 g/mol. The van der Waals surface area contributed by atoms with Gasteiger partial charge in [0, 0.05) is 12.5 Å². The lowest BCUT2D eigenvalue weighted by Crippen LogP contribution is -2.47. The number of allylic oxidation sites excluding steroid dienone is 2. The maximum atomic E-state index is 13.4. The Hall–Kier alpha value is -1.95. The minimum atomic E-state index is -1.74. The van der Waals surface area contributed by atoms with Crippen LogP contribution in [0.5, 0.6) is 0 Å². The van der Waals surface area contributed by atoms with E-state index < -0.39 is 23.5 Å². The summed E-state index contributed by atoms with van der Waals surface area (Å²) in [4.78, 5) is 39.6. The van der Waals surface area contributed by atoms with Gasteiger partial charge in [0.2, 0.25) is 0 Å². The molecule has 0 spiro atoms. The average molecular weight is 373 g/mol. The van der Waals surface area contributed by atoms with Gasteiger partial charge in [0.1, 0.15) is 5.92 Å². The molecule has 2 aliphatic heterocycles. The van der Waals surface area contributed by atoms with Gasteiger partial charge >= 0.3 is 5.97 Å². The lowest BCUT2D eigenvalue weighted by atomic mass is 9.63. The number of ether oxygens (including phenoxy) is 1. The van der Waals surface area contributed by atoms with Crippen molar-refractivity contribution in [2.24, 2.45) is 29.6 Å². The quantitative estimate of drug-likeness (QED) is 0.464. The topological polar surface area (TPSA) is 83.9 Å². The molecular formula is C21H27NO5. The van der Waals surface area contributed by atoms with Gasteiger partial charge in [-0.2, -0.15) is 0 Å². The van der Waals surface area contributed by atoms with Gasteiger partial charge in [0.15, 0.2) is 11.5 Å². The Bertz CT molecular complexity index is 741. The number of nitrogens with zero attached hydrogens (tertiary/aromatic N) is 1. The third kappa shape index (κ3) is 2.68. The van der Waals surface area contributed by atoms with Crippen molar-refractivity contribution < 1.29 is 24.2 Å². The molecule has 1 N–H and O–H groups in total. The van der Waals surface area contributed by atoms with Gasteiger partial charge in [-0.3, -0.25) is 14.4 Å². The average Bonchev–Trinajstić information content (AvgIpc) is 3.13. The first-order valence-corrected chi connectivity index (χ1v) is 9.96. The fourth-order valence-electron chi connectivity index (χ4n) is 5.62. The number of carbonyl (C=O) groups excluding carboxylic acids is 3. The predicted octanol–water partition coefficient (Wildman–Crippen LogP) is 1.83. The molecule has 6 atom stereocenters. The largest absolute Gasteiger partial charge is 0.469 e. The molecule has 4 rings (SSSR count). The Morgan fingerprint density at radius 1 is 1.22 bits per heavy atom. The summed E-state index contributed by atoms with van der Waals surface area (Å²) in [7, 11) is 1.26. The summed E-state index contributed by atoms with van der Waals surface area (Å²) in [6, 6.07) is 0. The van der Waals surface area contributed by atoms with Gasteiger partial charge < -0.3 is 14.7 Å². The second-order valence-corrected chi connectivity index (χ2v) is 8.41. The molecule has 1 unspecified atom stereocenters. The van der Waals surface area contributed by atoms with E-state index in [1.807, 2.05) is 6.92 Å². The van der Waals surface area contributed by atoms with Crippen LogP contribution >= 0.6 is 0 Å². The number of rotatable bonds is 3. The van der Waals surface area contributed by atoms with E-state index in [1.165, 1.54) is 24.5 Å². The smallest absolute Gasteiger partial charge is 0.314 e. The highest BCUT2D eigenvalue weighted by Gasteiger charge is 2.58. The Labute approximate surface area is 159 Å². The van der Waals surface area contributed by atoms with Crippen molar-refractivity contribution in [3.05, 3.63) is 23.8 Å². The van der Waals surface area contributed by atoms with Crippen LogP contribution in [0.1, 0.15) is 39.0 Å². The van der Waals surface area contributed by atoms with E-state index >= 15 is 0 Å². The molecule has 2 heterocycles. The normalized spacial score (nSPS) is 40.4. The monoisotopic (exact) mass is 373 g/mol. The molecule has 0 aromatic rings. The third-order valence-corrected chi connectivity index (χ3v) is 7.04. The Kier molecular flexibility index (Phi) is 4.49. The standard InChI is InChI=1S/C21H27NO5/c1-12-7-8-13-5-3-4-6-14(13)17(12)18(23)15-11-21(26)16(20(25)27-2)9-10-22(21)19(15)24/h7-8,11-14,16-17,26H,3-6,9-10H2,1-2H3/t12-,13+,14-,16-,17?,21-/m0/s1. The molecule has 2 aliphatic carbocycles. The first-order valence-electron chi connectivity index (χ1n) is 9.96. The number of ketones is 1. The van der Waals surface area contributed by atoms with Crippen LogP contribution in [0.3, 0.4) is 0 Å². The third-order valence-electron chi connectivity index (χ3n) is 7.04. The molecule has 0 aromatic carbocycles. The number of hydrogen-bond donors (Lipinski definition) is 1. The lowest BCUT2D eigenvalue weighted by molar-refractivity contribution is -0.159. The summed E-state index contributed by atoms with van der Waals surface area (Å²) in [5.41, 5.74) is -1.70. The van der Waals surface area contributed by atoms with Crippen molar-refractivity contribution in [2.75, 3.05) is 13.7 Å². The SMILES string of the molecule is COC(=O)[C@@H]1CCN2C(=O)C(C(=O)C3[C@H]4CCCC[C@@H]4C=C[C@@H]3C)=C[C@]12O. The molecule has 6 heteroatoms. The molecule has 6 nitrogen and oxygen atoms in total. The second kappa shape index (κ2) is 6.59. The minimum Gasteiger partial charge on any atom is -0.469 e. The molecule has 0 aromatic heterocycles. The van der Waals surface area contributed by atoms with Gasteiger partial charge in [-0.05, 0) is 43.1 Å². The van der Waals surface area contributed by atoms with Crippen molar-refractivity contribution in [1.29, 1.82) is 0 Å². The zero-order chi connectivity index (χ0) is 19.3. The van der Waals surface area contributed by atoms with Gasteiger partial charge in [-0.1, -0.05) is 31.9 Å². The first kappa shape index (κ1) is 18.4. The van der Waals surface area contributed by atoms with Crippen LogP contribution in [0.2, 0.25) is 0 Å². The molecule has 1 amide bonds. The van der Waals surface area contributed by atoms with E-state index in [0.717, 1.165) is 19.3 Å². The number of fused-ring (bicyclic) bond motifs is 2. The van der Waals surface area contributed by atoms with Crippen LogP contribution in [0.25, 0.3) is 0 Å². The summed E-state index contributed by atoms with van der Waals surface area (Å²) >= 11 is 0. The van der Waals surface area contributed by atoms with Crippen LogP contribution in [-0.4, -0.2) is 47.0 Å². The molecule has 27 heavy (non-hydrogen) atoms. The van der Waals surface area contributed by atoms with Crippen LogP contribution in [0.4, 0.5) is 0 Å². The second-order valence-electron chi connectivity index (χ2n) is 8.41.